The third kappa shape index (κ3) is 10.2. The average Bonchev–Trinajstić information content (AvgIpc) is 2.95. The highest BCUT2D eigenvalue weighted by Gasteiger charge is 2.37. The summed E-state index contributed by atoms with van der Waals surface area (Å²) in [5.74, 6) is -0.863. The number of nitrogens with one attached hydrogen (secondary N) is 1. The van der Waals surface area contributed by atoms with Gasteiger partial charge < -0.3 is 15.2 Å². The summed E-state index contributed by atoms with van der Waals surface area (Å²) in [6, 6.07) is 13.2. The number of carboxylic acids is 1. The number of carboxylic acid groups (broad SMARTS) is 1. The highest BCUT2D eigenvalue weighted by molar-refractivity contribution is 8.76. The quantitative estimate of drug-likeness (QED) is 0.142. The summed E-state index contributed by atoms with van der Waals surface area (Å²) in [7, 11) is 4.83. The van der Waals surface area contributed by atoms with Crippen LogP contribution in [-0.4, -0.2) is 64.5 Å². The van der Waals surface area contributed by atoms with Crippen molar-refractivity contribution < 1.29 is 24.2 Å². The van der Waals surface area contributed by atoms with Gasteiger partial charge in [0.05, 0.1) is 24.2 Å². The van der Waals surface area contributed by atoms with Crippen LogP contribution in [0.25, 0.3) is 0 Å². The van der Waals surface area contributed by atoms with Crippen LogP contribution in [0.2, 0.25) is 0 Å². The smallest absolute Gasteiger partial charge is 0.307 e. The van der Waals surface area contributed by atoms with E-state index in [4.69, 9.17) is 4.74 Å². The van der Waals surface area contributed by atoms with E-state index in [9.17, 15) is 19.5 Å². The lowest BCUT2D eigenvalue weighted by Crippen LogP contribution is -2.39. The zero-order valence-corrected chi connectivity index (χ0v) is 24.0. The Morgan fingerprint density at radius 3 is 2.56 bits per heavy atom. The zero-order valence-electron chi connectivity index (χ0n) is 22.4. The van der Waals surface area contributed by atoms with Crippen molar-refractivity contribution in [3.8, 4) is 5.75 Å². The van der Waals surface area contributed by atoms with E-state index >= 15 is 0 Å². The maximum Gasteiger partial charge on any atom is 0.307 e. The molecule has 1 aromatic heterocycles. The first kappa shape index (κ1) is 30.5. The van der Waals surface area contributed by atoms with Crippen molar-refractivity contribution in [2.45, 2.75) is 50.5 Å². The van der Waals surface area contributed by atoms with Crippen LogP contribution in [0.3, 0.4) is 0 Å². The van der Waals surface area contributed by atoms with Crippen molar-refractivity contribution in [2.75, 3.05) is 26.0 Å². The van der Waals surface area contributed by atoms with Crippen LogP contribution in [0, 0.1) is 11.8 Å². The van der Waals surface area contributed by atoms with Gasteiger partial charge in [0.15, 0.2) is 0 Å². The Kier molecular flexibility index (Phi) is 12.6. The third-order valence-electron chi connectivity index (χ3n) is 6.40. The molecule has 1 aliphatic carbocycles. The van der Waals surface area contributed by atoms with Crippen molar-refractivity contribution in [3.05, 3.63) is 54.2 Å². The van der Waals surface area contributed by atoms with Crippen molar-refractivity contribution in [2.24, 2.45) is 16.9 Å². The number of ether oxygens (including phenoxy) is 1. The fraction of sp³-hybridized carbons (Fsp3) is 0.464. The number of carbonyl (C=O) groups is 3. The molecule has 1 heterocycles. The van der Waals surface area contributed by atoms with Crippen LogP contribution < -0.4 is 10.1 Å². The molecule has 2 aromatic rings. The first-order chi connectivity index (χ1) is 18.8. The molecule has 9 nitrogen and oxygen atoms in total. The Morgan fingerprint density at radius 1 is 1.13 bits per heavy atom. The first-order valence-corrected chi connectivity index (χ1v) is 15.4. The molecule has 0 radical (unpaired) electrons. The molecule has 0 aliphatic heterocycles. The van der Waals surface area contributed by atoms with Gasteiger partial charge in [-0.2, -0.15) is 5.10 Å². The van der Waals surface area contributed by atoms with Crippen LogP contribution in [0.4, 0.5) is 0 Å². The largest absolute Gasteiger partial charge is 0.494 e. The van der Waals surface area contributed by atoms with E-state index in [1.807, 2.05) is 49.4 Å². The van der Waals surface area contributed by atoms with Crippen molar-refractivity contribution in [1.82, 2.24) is 15.3 Å². The number of rotatable bonds is 14. The van der Waals surface area contributed by atoms with E-state index in [1.54, 1.807) is 34.8 Å². The van der Waals surface area contributed by atoms with Crippen LogP contribution >= 0.6 is 21.6 Å². The predicted molar refractivity (Wildman–Crippen MR) is 155 cm³/mol. The van der Waals surface area contributed by atoms with Gasteiger partial charge in [0.1, 0.15) is 10.8 Å². The van der Waals surface area contributed by atoms with Crippen molar-refractivity contribution >= 4 is 45.1 Å². The average molecular weight is 573 g/mol. The van der Waals surface area contributed by atoms with Crippen LogP contribution in [0.1, 0.15) is 51.0 Å². The summed E-state index contributed by atoms with van der Waals surface area (Å²) < 4.78 is 5.76. The minimum atomic E-state index is -0.913. The molecule has 3 rings (SSSR count). The summed E-state index contributed by atoms with van der Waals surface area (Å²) in [6.07, 6.45) is 5.56. The van der Waals surface area contributed by atoms with E-state index in [-0.39, 0.29) is 11.8 Å². The van der Waals surface area contributed by atoms with Gasteiger partial charge in [0, 0.05) is 32.0 Å². The molecule has 1 fully saturated rings. The van der Waals surface area contributed by atoms with Gasteiger partial charge in [-0.25, -0.2) is 9.99 Å². The molecular weight excluding hydrogens is 536 g/mol. The van der Waals surface area contributed by atoms with E-state index in [2.05, 4.69) is 15.4 Å². The second-order valence-electron chi connectivity index (χ2n) is 9.28. The molecule has 1 saturated carbocycles. The number of hydrogen-bond donors (Lipinski definition) is 2. The number of benzene rings is 1. The Hall–Kier alpha value is -3.05. The second kappa shape index (κ2) is 16.1. The number of hydrazone groups is 1. The SMILES string of the molecule is C/C(=N\N(C)C(=O)C1CCCCC1C(=O)O)c1ccc(OCCCC(=O)NCCSSc2ccccn2)cc1. The molecule has 0 spiro atoms. The van der Waals surface area contributed by atoms with E-state index in [0.717, 1.165) is 29.2 Å². The van der Waals surface area contributed by atoms with Crippen molar-refractivity contribution in [1.29, 1.82) is 0 Å². The Bertz CT molecular complexity index is 1110. The summed E-state index contributed by atoms with van der Waals surface area (Å²) >= 11 is 0. The zero-order chi connectivity index (χ0) is 28.0. The molecule has 0 bridgehead atoms. The van der Waals surface area contributed by atoms with Gasteiger partial charge in [-0.1, -0.05) is 29.7 Å². The standard InChI is InChI=1S/C28H36N4O5S2/c1-20(31-32(2)27(34)23-8-3-4-9-24(23)28(35)36)21-12-14-22(15-13-21)37-18-7-10-25(33)29-17-19-38-39-26-11-5-6-16-30-26/h5-6,11-16,23-24H,3-4,7-10,17-19H2,1-2H3,(H,29,33)(H,35,36)/b31-20+. The summed E-state index contributed by atoms with van der Waals surface area (Å²) in [5.41, 5.74) is 1.48. The number of hydrogen-bond acceptors (Lipinski definition) is 8. The summed E-state index contributed by atoms with van der Waals surface area (Å²) in [6.45, 7) is 2.84. The fourth-order valence-electron chi connectivity index (χ4n) is 4.33. The Morgan fingerprint density at radius 2 is 1.87 bits per heavy atom. The maximum atomic E-state index is 12.9. The lowest BCUT2D eigenvalue weighted by Gasteiger charge is -2.29. The van der Waals surface area contributed by atoms with E-state index < -0.39 is 17.8 Å². The molecule has 2 N–H and O–H groups in total. The lowest BCUT2D eigenvalue weighted by atomic mass is 9.78. The molecule has 2 unspecified atom stereocenters. The van der Waals surface area contributed by atoms with E-state index in [0.29, 0.717) is 50.3 Å². The molecule has 2 atom stereocenters. The van der Waals surface area contributed by atoms with Gasteiger partial charge in [-0.15, -0.1) is 0 Å². The molecule has 11 heteroatoms. The van der Waals surface area contributed by atoms with Crippen LogP contribution in [0.15, 0.2) is 58.8 Å². The highest BCUT2D eigenvalue weighted by atomic mass is 33.1. The topological polar surface area (TPSA) is 121 Å². The van der Waals surface area contributed by atoms with E-state index in [1.165, 1.54) is 5.01 Å². The molecule has 39 heavy (non-hydrogen) atoms. The van der Waals surface area contributed by atoms with Gasteiger partial charge in [0.25, 0.3) is 0 Å². The first-order valence-electron chi connectivity index (χ1n) is 13.1. The minimum Gasteiger partial charge on any atom is -0.494 e. The van der Waals surface area contributed by atoms with Gasteiger partial charge in [-0.05, 0) is 78.9 Å². The number of aliphatic carboxylic acids is 1. The molecule has 1 aromatic carbocycles. The van der Waals surface area contributed by atoms with Gasteiger partial charge in [-0.3, -0.25) is 14.4 Å². The maximum absolute atomic E-state index is 12.9. The number of pyridine rings is 1. The number of aromatic nitrogens is 1. The number of carbonyl (C=O) groups excluding carboxylic acids is 2. The lowest BCUT2D eigenvalue weighted by molar-refractivity contribution is -0.151. The third-order valence-corrected chi connectivity index (χ3v) is 8.66. The second-order valence-corrected chi connectivity index (χ2v) is 11.7. The van der Waals surface area contributed by atoms with Gasteiger partial charge in [0.2, 0.25) is 11.8 Å². The predicted octanol–water partition coefficient (Wildman–Crippen LogP) is 4.87. The monoisotopic (exact) mass is 572 g/mol. The van der Waals surface area contributed by atoms with Gasteiger partial charge >= 0.3 is 5.97 Å². The van der Waals surface area contributed by atoms with Crippen LogP contribution in [0.5, 0.6) is 5.75 Å². The number of nitrogens with zero attached hydrogens (tertiary/aromatic N) is 3. The normalized spacial score (nSPS) is 17.3. The molecule has 1 aliphatic rings. The minimum absolute atomic E-state index is 0.00536. The van der Waals surface area contributed by atoms with Crippen molar-refractivity contribution in [3.63, 3.8) is 0 Å². The summed E-state index contributed by atoms with van der Waals surface area (Å²) in [4.78, 5) is 40.7. The Balaban J connectivity index is 1.34. The summed E-state index contributed by atoms with van der Waals surface area (Å²) in [5, 5.41) is 19.0. The highest BCUT2D eigenvalue weighted by Crippen LogP contribution is 2.32. The molecule has 2 amide bonds. The molecule has 210 valence electrons. The van der Waals surface area contributed by atoms with Crippen LogP contribution in [-0.2, 0) is 14.4 Å². The fourth-order valence-corrected chi connectivity index (χ4v) is 6.11. The Labute approximate surface area is 237 Å². The molecular formula is C28H36N4O5S2. The molecule has 0 saturated heterocycles. The number of amides is 2.